The van der Waals surface area contributed by atoms with Gasteiger partial charge >= 0.3 is 0 Å². The summed E-state index contributed by atoms with van der Waals surface area (Å²) < 4.78 is 0. The predicted molar refractivity (Wildman–Crippen MR) is 66.1 cm³/mol. The average Bonchev–Trinajstić information content (AvgIpc) is 2.31. The van der Waals surface area contributed by atoms with E-state index in [9.17, 15) is 0 Å². The summed E-state index contributed by atoms with van der Waals surface area (Å²) in [7, 11) is 0. The third-order valence-electron chi connectivity index (χ3n) is 3.04. The number of hydrogen-bond acceptors (Lipinski definition) is 2. The largest absolute Gasteiger partial charge is 0.295 e. The van der Waals surface area contributed by atoms with Crippen molar-refractivity contribution in [1.82, 2.24) is 9.88 Å². The number of alkyl halides is 1. The van der Waals surface area contributed by atoms with Crippen LogP contribution in [0.5, 0.6) is 0 Å². The molecule has 0 radical (unpaired) electrons. The maximum atomic E-state index is 4.16. The molecule has 1 atom stereocenters. The molecule has 2 heterocycles. The molecule has 15 heavy (non-hydrogen) atoms. The minimum atomic E-state index is 0.707. The lowest BCUT2D eigenvalue weighted by Crippen LogP contribution is -2.39. The fourth-order valence-electron chi connectivity index (χ4n) is 2.17. The highest BCUT2D eigenvalue weighted by molar-refractivity contribution is 9.09. The lowest BCUT2D eigenvalue weighted by molar-refractivity contribution is 0.156. The van der Waals surface area contributed by atoms with Gasteiger partial charge < -0.3 is 0 Å². The number of halogens is 1. The minimum absolute atomic E-state index is 0.707. The Morgan fingerprint density at radius 1 is 1.47 bits per heavy atom. The van der Waals surface area contributed by atoms with E-state index >= 15 is 0 Å². The van der Waals surface area contributed by atoms with E-state index in [1.807, 2.05) is 18.5 Å². The van der Waals surface area contributed by atoms with Crippen LogP contribution in [0.15, 0.2) is 24.5 Å². The molecular formula is C12H17BrN2. The Labute approximate surface area is 99.8 Å². The summed E-state index contributed by atoms with van der Waals surface area (Å²) in [4.78, 5) is 6.73. The van der Waals surface area contributed by atoms with Crippen molar-refractivity contribution >= 4 is 15.9 Å². The topological polar surface area (TPSA) is 16.1 Å². The first-order chi connectivity index (χ1) is 7.40. The van der Waals surface area contributed by atoms with Crippen molar-refractivity contribution in [2.75, 3.05) is 11.9 Å². The summed E-state index contributed by atoms with van der Waals surface area (Å²) in [5.41, 5.74) is 1.32. The lowest BCUT2D eigenvalue weighted by Gasteiger charge is -2.34. The zero-order valence-corrected chi connectivity index (χ0v) is 10.5. The van der Waals surface area contributed by atoms with Crippen LogP contribution in [0, 0.1) is 0 Å². The number of pyridine rings is 1. The molecule has 2 nitrogen and oxygen atoms in total. The molecule has 1 unspecified atom stereocenters. The molecule has 0 saturated carbocycles. The van der Waals surface area contributed by atoms with Gasteiger partial charge in [0.1, 0.15) is 0 Å². The summed E-state index contributed by atoms with van der Waals surface area (Å²) in [5, 5.41) is 1.09. The Kier molecular flexibility index (Phi) is 4.15. The molecule has 0 aromatic carbocycles. The maximum absolute atomic E-state index is 4.16. The van der Waals surface area contributed by atoms with Crippen LogP contribution in [0.2, 0.25) is 0 Å². The molecular weight excluding hydrogens is 252 g/mol. The third-order valence-corrected chi connectivity index (χ3v) is 3.78. The van der Waals surface area contributed by atoms with Gasteiger partial charge in [-0.15, -0.1) is 0 Å². The summed E-state index contributed by atoms with van der Waals surface area (Å²) in [6.45, 7) is 2.27. The molecule has 0 N–H and O–H groups in total. The van der Waals surface area contributed by atoms with Crippen LogP contribution in [0.1, 0.15) is 24.8 Å². The van der Waals surface area contributed by atoms with E-state index in [0.29, 0.717) is 6.04 Å². The summed E-state index contributed by atoms with van der Waals surface area (Å²) in [5.74, 6) is 0. The number of piperidine rings is 1. The average molecular weight is 269 g/mol. The van der Waals surface area contributed by atoms with Crippen LogP contribution >= 0.6 is 15.9 Å². The molecule has 1 aliphatic rings. The van der Waals surface area contributed by atoms with Crippen molar-refractivity contribution in [2.24, 2.45) is 0 Å². The highest BCUT2D eigenvalue weighted by Gasteiger charge is 2.20. The highest BCUT2D eigenvalue weighted by atomic mass is 79.9. The first kappa shape index (κ1) is 11.1. The van der Waals surface area contributed by atoms with E-state index < -0.39 is 0 Å². The van der Waals surface area contributed by atoms with Gasteiger partial charge in [-0.25, -0.2) is 0 Å². The first-order valence-electron chi connectivity index (χ1n) is 5.59. The second kappa shape index (κ2) is 5.61. The molecule has 1 aliphatic heterocycles. The van der Waals surface area contributed by atoms with Gasteiger partial charge in [0, 0.05) is 30.3 Å². The standard InChI is InChI=1S/C12H17BrN2/c13-8-12-5-1-2-7-15(12)10-11-4-3-6-14-9-11/h3-4,6,9,12H,1-2,5,7-8,10H2. The molecule has 3 heteroatoms. The smallest absolute Gasteiger partial charge is 0.0312 e. The quantitative estimate of drug-likeness (QED) is 0.784. The molecule has 1 aromatic heterocycles. The van der Waals surface area contributed by atoms with Gasteiger partial charge in [0.25, 0.3) is 0 Å². The Bertz CT molecular complexity index is 289. The highest BCUT2D eigenvalue weighted by Crippen LogP contribution is 2.20. The Morgan fingerprint density at radius 2 is 2.40 bits per heavy atom. The van der Waals surface area contributed by atoms with Crippen LogP contribution in [0.3, 0.4) is 0 Å². The van der Waals surface area contributed by atoms with Crippen molar-refractivity contribution in [1.29, 1.82) is 0 Å². The molecule has 1 saturated heterocycles. The molecule has 0 bridgehead atoms. The number of hydrogen-bond donors (Lipinski definition) is 0. The number of rotatable bonds is 3. The molecule has 82 valence electrons. The van der Waals surface area contributed by atoms with E-state index in [-0.39, 0.29) is 0 Å². The number of aromatic nitrogens is 1. The molecule has 0 spiro atoms. The summed E-state index contributed by atoms with van der Waals surface area (Å²) in [6.07, 6.45) is 7.84. The summed E-state index contributed by atoms with van der Waals surface area (Å²) >= 11 is 3.61. The molecule has 2 rings (SSSR count). The second-order valence-electron chi connectivity index (χ2n) is 4.14. The van der Waals surface area contributed by atoms with Crippen LogP contribution in [0.25, 0.3) is 0 Å². The fourth-order valence-corrected chi connectivity index (χ4v) is 2.90. The second-order valence-corrected chi connectivity index (χ2v) is 4.78. The number of nitrogens with zero attached hydrogens (tertiary/aromatic N) is 2. The van der Waals surface area contributed by atoms with E-state index in [4.69, 9.17) is 0 Å². The van der Waals surface area contributed by atoms with Crippen molar-refractivity contribution < 1.29 is 0 Å². The van der Waals surface area contributed by atoms with Crippen molar-refractivity contribution in [3.05, 3.63) is 30.1 Å². The van der Waals surface area contributed by atoms with E-state index in [1.54, 1.807) is 0 Å². The van der Waals surface area contributed by atoms with E-state index in [1.165, 1.54) is 31.4 Å². The fraction of sp³-hybridized carbons (Fsp3) is 0.583. The van der Waals surface area contributed by atoms with Gasteiger partial charge in [0.2, 0.25) is 0 Å². The van der Waals surface area contributed by atoms with E-state index in [2.05, 4.69) is 31.9 Å². The first-order valence-corrected chi connectivity index (χ1v) is 6.71. The summed E-state index contributed by atoms with van der Waals surface area (Å²) in [6, 6.07) is 4.88. The molecule has 1 aromatic rings. The Hall–Kier alpha value is -0.410. The predicted octanol–water partition coefficient (Wildman–Crippen LogP) is 2.83. The zero-order chi connectivity index (χ0) is 10.5. The number of likely N-dealkylation sites (tertiary alicyclic amines) is 1. The van der Waals surface area contributed by atoms with Gasteiger partial charge in [0.05, 0.1) is 0 Å². The molecule has 1 fully saturated rings. The van der Waals surface area contributed by atoms with Crippen LogP contribution in [-0.4, -0.2) is 27.8 Å². The molecule has 0 aliphatic carbocycles. The van der Waals surface area contributed by atoms with Crippen LogP contribution < -0.4 is 0 Å². The van der Waals surface area contributed by atoms with E-state index in [0.717, 1.165) is 11.9 Å². The lowest BCUT2D eigenvalue weighted by atomic mass is 10.0. The van der Waals surface area contributed by atoms with Gasteiger partial charge in [-0.2, -0.15) is 0 Å². The van der Waals surface area contributed by atoms with Gasteiger partial charge in [-0.1, -0.05) is 28.4 Å². The van der Waals surface area contributed by atoms with Gasteiger partial charge in [0.15, 0.2) is 0 Å². The van der Waals surface area contributed by atoms with Gasteiger partial charge in [-0.05, 0) is 31.0 Å². The SMILES string of the molecule is BrCC1CCCCN1Cc1cccnc1. The van der Waals surface area contributed by atoms with Crippen LogP contribution in [-0.2, 0) is 6.54 Å². The van der Waals surface area contributed by atoms with Crippen molar-refractivity contribution in [3.63, 3.8) is 0 Å². The van der Waals surface area contributed by atoms with Crippen molar-refractivity contribution in [2.45, 2.75) is 31.8 Å². The minimum Gasteiger partial charge on any atom is -0.295 e. The van der Waals surface area contributed by atoms with Gasteiger partial charge in [-0.3, -0.25) is 9.88 Å². The van der Waals surface area contributed by atoms with Crippen LogP contribution in [0.4, 0.5) is 0 Å². The zero-order valence-electron chi connectivity index (χ0n) is 8.90. The monoisotopic (exact) mass is 268 g/mol. The third kappa shape index (κ3) is 3.02. The Balaban J connectivity index is 1.97. The van der Waals surface area contributed by atoms with Crippen molar-refractivity contribution in [3.8, 4) is 0 Å². The maximum Gasteiger partial charge on any atom is 0.0312 e. The Morgan fingerprint density at radius 3 is 3.13 bits per heavy atom. The molecule has 0 amide bonds. The normalized spacial score (nSPS) is 22.9.